The molecule has 120 valence electrons. The number of hydrogen-bond acceptors (Lipinski definition) is 4. The maximum atomic E-state index is 14.4. The third kappa shape index (κ3) is 1.77. The molecule has 0 radical (unpaired) electrons. The van der Waals surface area contributed by atoms with Crippen LogP contribution in [0.3, 0.4) is 0 Å². The second-order valence-corrected chi connectivity index (χ2v) is 9.21. The fraction of sp³-hybridized carbons (Fsp3) is 0.562. The number of fused-ring (bicyclic) bond motifs is 1. The molecule has 1 saturated heterocycles. The van der Waals surface area contributed by atoms with Crippen LogP contribution >= 0.6 is 0 Å². The third-order valence-electron chi connectivity index (χ3n) is 5.09. The summed E-state index contributed by atoms with van der Waals surface area (Å²) in [4.78, 5) is 4.68. The summed E-state index contributed by atoms with van der Waals surface area (Å²) < 4.78 is 45.2. The first-order chi connectivity index (χ1) is 10.1. The maximum absolute atomic E-state index is 14.4. The summed E-state index contributed by atoms with van der Waals surface area (Å²) in [6.07, 6.45) is -0.527. The van der Waals surface area contributed by atoms with Gasteiger partial charge in [-0.2, -0.15) is 0 Å². The molecule has 2 aliphatic rings. The summed E-state index contributed by atoms with van der Waals surface area (Å²) in [5, 5.41) is -0.879. The SMILES string of the molecule is CC1=N[C@@]2(c3ccccc3F)COC(C)[C@H]2S(=O)(=O)C1(C)C. The van der Waals surface area contributed by atoms with E-state index < -0.39 is 37.3 Å². The Labute approximate surface area is 130 Å². The number of hydrogen-bond donors (Lipinski definition) is 0. The Kier molecular flexibility index (Phi) is 3.28. The molecule has 3 atom stereocenters. The predicted octanol–water partition coefficient (Wildman–Crippen LogP) is 2.48. The molecule has 0 bridgehead atoms. The molecule has 0 amide bonds. The normalized spacial score (nSPS) is 35.8. The zero-order valence-electron chi connectivity index (χ0n) is 13.1. The number of benzene rings is 1. The van der Waals surface area contributed by atoms with Gasteiger partial charge in [-0.1, -0.05) is 18.2 Å². The molecule has 22 heavy (non-hydrogen) atoms. The quantitative estimate of drug-likeness (QED) is 0.797. The van der Waals surface area contributed by atoms with E-state index in [1.807, 2.05) is 0 Å². The first-order valence-electron chi connectivity index (χ1n) is 7.31. The minimum Gasteiger partial charge on any atom is -0.374 e. The highest BCUT2D eigenvalue weighted by molar-refractivity contribution is 7.94. The van der Waals surface area contributed by atoms with Gasteiger partial charge in [0.1, 0.15) is 21.4 Å². The molecule has 1 fully saturated rings. The number of sulfone groups is 1. The van der Waals surface area contributed by atoms with E-state index in [2.05, 4.69) is 4.99 Å². The molecule has 2 aliphatic heterocycles. The van der Waals surface area contributed by atoms with Crippen LogP contribution in [0.5, 0.6) is 0 Å². The van der Waals surface area contributed by atoms with Crippen molar-refractivity contribution in [3.63, 3.8) is 0 Å². The van der Waals surface area contributed by atoms with Crippen LogP contribution in [0.1, 0.15) is 33.3 Å². The molecular weight excluding hydrogens is 305 g/mol. The maximum Gasteiger partial charge on any atom is 0.169 e. The number of ether oxygens (including phenoxy) is 1. The van der Waals surface area contributed by atoms with Crippen LogP contribution in [-0.4, -0.2) is 36.8 Å². The molecule has 1 aromatic carbocycles. The Morgan fingerprint density at radius 2 is 1.95 bits per heavy atom. The van der Waals surface area contributed by atoms with Crippen molar-refractivity contribution in [2.24, 2.45) is 4.99 Å². The Morgan fingerprint density at radius 3 is 2.59 bits per heavy atom. The summed E-state index contributed by atoms with van der Waals surface area (Å²) in [5.41, 5.74) is -0.407. The highest BCUT2D eigenvalue weighted by atomic mass is 32.2. The van der Waals surface area contributed by atoms with Gasteiger partial charge in [0.15, 0.2) is 9.84 Å². The largest absolute Gasteiger partial charge is 0.374 e. The fourth-order valence-electron chi connectivity index (χ4n) is 3.48. The van der Waals surface area contributed by atoms with Crippen molar-refractivity contribution in [1.29, 1.82) is 0 Å². The summed E-state index contributed by atoms with van der Waals surface area (Å²) in [7, 11) is -3.58. The lowest BCUT2D eigenvalue weighted by molar-refractivity contribution is 0.117. The van der Waals surface area contributed by atoms with Crippen LogP contribution in [-0.2, 0) is 20.1 Å². The van der Waals surface area contributed by atoms with Crippen LogP contribution in [0.4, 0.5) is 4.39 Å². The van der Waals surface area contributed by atoms with E-state index in [-0.39, 0.29) is 6.61 Å². The first-order valence-corrected chi connectivity index (χ1v) is 8.86. The van der Waals surface area contributed by atoms with E-state index in [1.54, 1.807) is 45.9 Å². The van der Waals surface area contributed by atoms with Gasteiger partial charge < -0.3 is 4.74 Å². The van der Waals surface area contributed by atoms with Gasteiger partial charge in [0.2, 0.25) is 0 Å². The van der Waals surface area contributed by atoms with Crippen LogP contribution in [0.15, 0.2) is 29.3 Å². The Morgan fingerprint density at radius 1 is 1.32 bits per heavy atom. The van der Waals surface area contributed by atoms with E-state index in [9.17, 15) is 12.8 Å². The van der Waals surface area contributed by atoms with Crippen molar-refractivity contribution in [1.82, 2.24) is 0 Å². The Hall–Kier alpha value is -1.27. The van der Waals surface area contributed by atoms with Crippen LogP contribution < -0.4 is 0 Å². The van der Waals surface area contributed by atoms with E-state index in [0.717, 1.165) is 0 Å². The standard InChI is InChI=1S/C16H20FNO3S/c1-10-14-16(9-21-10,12-7-5-6-8-13(12)17)18-11(2)15(3,4)22(14,19)20/h5-8,10,14H,9H2,1-4H3/t10?,14-,16-/m1/s1. The van der Waals surface area contributed by atoms with Crippen LogP contribution in [0, 0.1) is 5.82 Å². The predicted molar refractivity (Wildman–Crippen MR) is 83.4 cm³/mol. The fourth-order valence-corrected chi connectivity index (χ4v) is 5.92. The van der Waals surface area contributed by atoms with Crippen molar-refractivity contribution in [2.75, 3.05) is 6.61 Å². The molecule has 6 heteroatoms. The van der Waals surface area contributed by atoms with Gasteiger partial charge in [-0.3, -0.25) is 4.99 Å². The summed E-state index contributed by atoms with van der Waals surface area (Å²) in [5.74, 6) is -0.448. The lowest BCUT2D eigenvalue weighted by atomic mass is 9.86. The lowest BCUT2D eigenvalue weighted by Gasteiger charge is -2.42. The van der Waals surface area contributed by atoms with E-state index in [0.29, 0.717) is 11.3 Å². The van der Waals surface area contributed by atoms with Gasteiger partial charge >= 0.3 is 0 Å². The molecule has 3 rings (SSSR count). The highest BCUT2D eigenvalue weighted by Crippen LogP contribution is 2.49. The molecule has 2 heterocycles. The molecule has 4 nitrogen and oxygen atoms in total. The Bertz CT molecular complexity index is 756. The summed E-state index contributed by atoms with van der Waals surface area (Å²) in [6, 6.07) is 6.22. The first kappa shape index (κ1) is 15.6. The van der Waals surface area contributed by atoms with E-state index >= 15 is 0 Å². The zero-order chi connectivity index (χ0) is 16.3. The molecule has 1 aromatic rings. The van der Waals surface area contributed by atoms with Crippen molar-refractivity contribution in [2.45, 2.75) is 49.3 Å². The van der Waals surface area contributed by atoms with Crippen molar-refractivity contribution in [3.05, 3.63) is 35.6 Å². The topological polar surface area (TPSA) is 55.7 Å². The van der Waals surface area contributed by atoms with Crippen molar-refractivity contribution >= 4 is 15.5 Å². The third-order valence-corrected chi connectivity index (χ3v) is 8.25. The molecule has 0 spiro atoms. The van der Waals surface area contributed by atoms with Gasteiger partial charge in [-0.05, 0) is 33.8 Å². The Balaban J connectivity index is 2.35. The van der Waals surface area contributed by atoms with Gasteiger partial charge in [0, 0.05) is 11.3 Å². The van der Waals surface area contributed by atoms with Crippen LogP contribution in [0.2, 0.25) is 0 Å². The second kappa shape index (κ2) is 4.61. The summed E-state index contributed by atoms with van der Waals surface area (Å²) in [6.45, 7) is 6.79. The zero-order valence-corrected chi connectivity index (χ0v) is 13.9. The van der Waals surface area contributed by atoms with E-state index in [4.69, 9.17) is 4.74 Å². The summed E-state index contributed by atoms with van der Waals surface area (Å²) >= 11 is 0. The van der Waals surface area contributed by atoms with Gasteiger partial charge in [0.25, 0.3) is 0 Å². The molecule has 1 unspecified atom stereocenters. The van der Waals surface area contributed by atoms with Gasteiger partial charge in [-0.15, -0.1) is 0 Å². The molecule has 0 N–H and O–H groups in total. The number of aliphatic imine (C=N–C) groups is 1. The molecule has 0 saturated carbocycles. The molecular formula is C16H20FNO3S. The van der Waals surface area contributed by atoms with Gasteiger partial charge in [0.05, 0.1) is 12.7 Å². The van der Waals surface area contributed by atoms with E-state index in [1.165, 1.54) is 6.07 Å². The minimum atomic E-state index is -3.58. The lowest BCUT2D eigenvalue weighted by Crippen LogP contribution is -2.59. The number of halogens is 1. The average Bonchev–Trinajstić information content (AvgIpc) is 2.76. The monoisotopic (exact) mass is 325 g/mol. The second-order valence-electron chi connectivity index (χ2n) is 6.59. The van der Waals surface area contributed by atoms with Gasteiger partial charge in [-0.25, -0.2) is 12.8 Å². The molecule has 0 aliphatic carbocycles. The van der Waals surface area contributed by atoms with Crippen molar-refractivity contribution < 1.29 is 17.5 Å². The number of nitrogens with zero attached hydrogens (tertiary/aromatic N) is 1. The van der Waals surface area contributed by atoms with Crippen molar-refractivity contribution in [3.8, 4) is 0 Å². The average molecular weight is 325 g/mol. The highest BCUT2D eigenvalue weighted by Gasteiger charge is 2.63. The number of rotatable bonds is 1. The minimum absolute atomic E-state index is 0.0758. The van der Waals surface area contributed by atoms with Crippen LogP contribution in [0.25, 0.3) is 0 Å². The molecule has 0 aromatic heterocycles. The smallest absolute Gasteiger partial charge is 0.169 e.